The van der Waals surface area contributed by atoms with Crippen LogP contribution < -0.4 is 5.32 Å². The fourth-order valence-electron chi connectivity index (χ4n) is 2.14. The van der Waals surface area contributed by atoms with E-state index in [0.29, 0.717) is 6.04 Å². The normalized spacial score (nSPS) is 28.2. The van der Waals surface area contributed by atoms with Gasteiger partial charge in [-0.05, 0) is 41.0 Å². The van der Waals surface area contributed by atoms with Crippen molar-refractivity contribution in [3.05, 3.63) is 0 Å². The fraction of sp³-hybridized carbons (Fsp3) is 0.833. The molecule has 14 heavy (non-hydrogen) atoms. The maximum atomic E-state index is 5.97. The second kappa shape index (κ2) is 3.92. The molecular formula is C12H21NO. The first-order chi connectivity index (χ1) is 6.37. The predicted molar refractivity (Wildman–Crippen MR) is 59.1 cm³/mol. The Morgan fingerprint density at radius 1 is 1.36 bits per heavy atom. The van der Waals surface area contributed by atoms with Gasteiger partial charge in [0.15, 0.2) is 0 Å². The number of rotatable bonds is 2. The third kappa shape index (κ3) is 2.73. The topological polar surface area (TPSA) is 21.3 Å². The van der Waals surface area contributed by atoms with Crippen LogP contribution in [-0.2, 0) is 4.74 Å². The molecule has 1 heterocycles. The number of hydrogen-bond acceptors (Lipinski definition) is 2. The molecule has 1 saturated heterocycles. The number of nitrogens with one attached hydrogen (secondary N) is 1. The average Bonchev–Trinajstić information content (AvgIpc) is 2.20. The first-order valence-corrected chi connectivity index (χ1v) is 5.20. The van der Waals surface area contributed by atoms with Gasteiger partial charge in [-0.25, -0.2) is 0 Å². The first kappa shape index (κ1) is 11.6. The molecule has 0 radical (unpaired) electrons. The minimum absolute atomic E-state index is 0.0131. The zero-order chi connectivity index (χ0) is 10.8. The molecule has 0 amide bonds. The highest BCUT2D eigenvalue weighted by molar-refractivity contribution is 5.03. The Kier molecular flexibility index (Phi) is 3.24. The lowest BCUT2D eigenvalue weighted by Gasteiger charge is -2.27. The van der Waals surface area contributed by atoms with Crippen LogP contribution in [0.5, 0.6) is 0 Å². The molecule has 0 bridgehead atoms. The molecule has 0 aliphatic carbocycles. The Hall–Kier alpha value is -0.520. The van der Waals surface area contributed by atoms with Crippen LogP contribution in [-0.4, -0.2) is 23.8 Å². The highest BCUT2D eigenvalue weighted by Gasteiger charge is 2.45. The minimum atomic E-state index is -0.0844. The Bertz CT molecular complexity index is 257. The van der Waals surface area contributed by atoms with Crippen LogP contribution in [0.1, 0.15) is 41.0 Å². The summed E-state index contributed by atoms with van der Waals surface area (Å²) in [5, 5.41) is 3.43. The van der Waals surface area contributed by atoms with Crippen molar-refractivity contribution in [3.63, 3.8) is 0 Å². The highest BCUT2D eigenvalue weighted by Crippen LogP contribution is 2.36. The van der Waals surface area contributed by atoms with E-state index in [0.717, 1.165) is 13.0 Å². The van der Waals surface area contributed by atoms with Crippen LogP contribution in [0.15, 0.2) is 0 Å². The van der Waals surface area contributed by atoms with E-state index >= 15 is 0 Å². The lowest BCUT2D eigenvalue weighted by molar-refractivity contribution is -0.0695. The van der Waals surface area contributed by atoms with E-state index in [1.165, 1.54) is 0 Å². The average molecular weight is 195 g/mol. The summed E-state index contributed by atoms with van der Waals surface area (Å²) in [6, 6.07) is 0.401. The van der Waals surface area contributed by atoms with Gasteiger partial charge in [0.05, 0.1) is 17.7 Å². The molecule has 1 rings (SSSR count). The van der Waals surface area contributed by atoms with E-state index in [2.05, 4.69) is 44.9 Å². The first-order valence-electron chi connectivity index (χ1n) is 5.20. The van der Waals surface area contributed by atoms with Crippen molar-refractivity contribution < 1.29 is 4.74 Å². The largest absolute Gasteiger partial charge is 0.368 e. The molecule has 1 unspecified atom stereocenters. The summed E-state index contributed by atoms with van der Waals surface area (Å²) in [4.78, 5) is 0. The third-order valence-electron chi connectivity index (χ3n) is 2.69. The van der Waals surface area contributed by atoms with Crippen molar-refractivity contribution in [3.8, 4) is 11.8 Å². The maximum Gasteiger partial charge on any atom is 0.0787 e. The van der Waals surface area contributed by atoms with Gasteiger partial charge in [0.2, 0.25) is 0 Å². The molecule has 1 aliphatic rings. The van der Waals surface area contributed by atoms with Gasteiger partial charge in [-0.3, -0.25) is 0 Å². The van der Waals surface area contributed by atoms with E-state index in [1.807, 2.05) is 6.92 Å². The van der Waals surface area contributed by atoms with E-state index in [-0.39, 0.29) is 11.2 Å². The summed E-state index contributed by atoms with van der Waals surface area (Å²) in [7, 11) is 0. The monoisotopic (exact) mass is 195 g/mol. The number of hydrogen-bond donors (Lipinski definition) is 1. The second-order valence-corrected chi connectivity index (χ2v) is 5.03. The Labute approximate surface area is 87.4 Å². The summed E-state index contributed by atoms with van der Waals surface area (Å²) >= 11 is 0. The predicted octanol–water partition coefficient (Wildman–Crippen LogP) is 1.95. The maximum absolute atomic E-state index is 5.97. The van der Waals surface area contributed by atoms with Crippen LogP contribution in [0.4, 0.5) is 0 Å². The van der Waals surface area contributed by atoms with Crippen molar-refractivity contribution in [1.82, 2.24) is 5.32 Å². The standard InChI is InChI=1S/C12H21NO/c1-6-7-8-13-10-9-11(2,3)14-12(10,4)5/h10,13H,8-9H2,1-5H3. The van der Waals surface area contributed by atoms with E-state index < -0.39 is 0 Å². The van der Waals surface area contributed by atoms with Crippen LogP contribution in [0.3, 0.4) is 0 Å². The van der Waals surface area contributed by atoms with E-state index in [4.69, 9.17) is 4.74 Å². The van der Waals surface area contributed by atoms with Gasteiger partial charge in [0, 0.05) is 6.04 Å². The lowest BCUT2D eigenvalue weighted by Crippen LogP contribution is -2.43. The molecule has 0 spiro atoms. The van der Waals surface area contributed by atoms with Gasteiger partial charge in [0.25, 0.3) is 0 Å². The summed E-state index contributed by atoms with van der Waals surface area (Å²) < 4.78 is 5.97. The van der Waals surface area contributed by atoms with E-state index in [1.54, 1.807) is 0 Å². The molecular weight excluding hydrogens is 174 g/mol. The highest BCUT2D eigenvalue weighted by atomic mass is 16.5. The van der Waals surface area contributed by atoms with Crippen molar-refractivity contribution in [2.45, 2.75) is 58.3 Å². The minimum Gasteiger partial charge on any atom is -0.368 e. The van der Waals surface area contributed by atoms with Crippen molar-refractivity contribution in [2.24, 2.45) is 0 Å². The molecule has 1 N–H and O–H groups in total. The van der Waals surface area contributed by atoms with Crippen LogP contribution in [0.2, 0.25) is 0 Å². The van der Waals surface area contributed by atoms with Crippen molar-refractivity contribution in [2.75, 3.05) is 6.54 Å². The van der Waals surface area contributed by atoms with Crippen molar-refractivity contribution >= 4 is 0 Å². The molecule has 1 atom stereocenters. The molecule has 0 saturated carbocycles. The van der Waals surface area contributed by atoms with Gasteiger partial charge in [-0.1, -0.05) is 5.92 Å². The molecule has 0 aromatic heterocycles. The molecule has 2 nitrogen and oxygen atoms in total. The zero-order valence-corrected chi connectivity index (χ0v) is 9.90. The quantitative estimate of drug-likeness (QED) is 0.680. The summed E-state index contributed by atoms with van der Waals surface area (Å²) in [6.45, 7) is 11.2. The lowest BCUT2D eigenvalue weighted by atomic mass is 9.94. The Morgan fingerprint density at radius 2 is 2.00 bits per heavy atom. The molecule has 2 heteroatoms. The van der Waals surface area contributed by atoms with Gasteiger partial charge in [-0.2, -0.15) is 0 Å². The van der Waals surface area contributed by atoms with Crippen LogP contribution in [0.25, 0.3) is 0 Å². The third-order valence-corrected chi connectivity index (χ3v) is 2.69. The fourth-order valence-corrected chi connectivity index (χ4v) is 2.14. The summed E-state index contributed by atoms with van der Waals surface area (Å²) in [6.07, 6.45) is 1.05. The zero-order valence-electron chi connectivity index (χ0n) is 9.90. The smallest absolute Gasteiger partial charge is 0.0787 e. The summed E-state index contributed by atoms with van der Waals surface area (Å²) in [5.74, 6) is 5.91. The Morgan fingerprint density at radius 3 is 2.43 bits per heavy atom. The number of ether oxygens (including phenoxy) is 1. The molecule has 1 fully saturated rings. The molecule has 80 valence electrons. The molecule has 1 aliphatic heterocycles. The van der Waals surface area contributed by atoms with Crippen LogP contribution >= 0.6 is 0 Å². The molecule has 0 aromatic rings. The Balaban J connectivity index is 2.55. The van der Waals surface area contributed by atoms with E-state index in [9.17, 15) is 0 Å². The second-order valence-electron chi connectivity index (χ2n) is 5.03. The SMILES string of the molecule is CC#CCNC1CC(C)(C)OC1(C)C. The van der Waals surface area contributed by atoms with Gasteiger partial charge in [0.1, 0.15) is 0 Å². The van der Waals surface area contributed by atoms with Gasteiger partial charge < -0.3 is 10.1 Å². The molecule has 0 aromatic carbocycles. The van der Waals surface area contributed by atoms with Gasteiger partial charge >= 0.3 is 0 Å². The van der Waals surface area contributed by atoms with Crippen LogP contribution in [0, 0.1) is 11.8 Å². The summed E-state index contributed by atoms with van der Waals surface area (Å²) in [5.41, 5.74) is -0.0975. The van der Waals surface area contributed by atoms with Crippen molar-refractivity contribution in [1.29, 1.82) is 0 Å². The van der Waals surface area contributed by atoms with Gasteiger partial charge in [-0.15, -0.1) is 5.92 Å².